The van der Waals surface area contributed by atoms with E-state index in [2.05, 4.69) is 6.92 Å². The molecular formula is C24H28O5. The van der Waals surface area contributed by atoms with Crippen molar-refractivity contribution in [3.05, 3.63) is 65.2 Å². The van der Waals surface area contributed by atoms with E-state index in [9.17, 15) is 14.4 Å². The van der Waals surface area contributed by atoms with Crippen LogP contribution in [0.3, 0.4) is 0 Å². The number of para-hydroxylation sites is 1. The lowest BCUT2D eigenvalue weighted by Gasteiger charge is -2.11. The van der Waals surface area contributed by atoms with Crippen LogP contribution in [0.15, 0.2) is 48.5 Å². The summed E-state index contributed by atoms with van der Waals surface area (Å²) in [4.78, 5) is 36.8. The highest BCUT2D eigenvalue weighted by atomic mass is 16.5. The largest absolute Gasteiger partial charge is 0.462 e. The van der Waals surface area contributed by atoms with Crippen molar-refractivity contribution in [1.29, 1.82) is 0 Å². The second-order valence-electron chi connectivity index (χ2n) is 6.89. The Bertz CT molecular complexity index is 841. The standard InChI is InChI=1S/C24H28O5/c1-3-4-5-6-7-12-17-28-23(26)20-14-8-9-15-21(20)24(27)29-22-16-11-10-13-19(22)18(2)25/h8-11,13-16H,3-7,12,17H2,1-2H3. The van der Waals surface area contributed by atoms with Crippen molar-refractivity contribution >= 4 is 17.7 Å². The van der Waals surface area contributed by atoms with Gasteiger partial charge in [0.25, 0.3) is 0 Å². The van der Waals surface area contributed by atoms with Crippen LogP contribution in [-0.4, -0.2) is 24.3 Å². The van der Waals surface area contributed by atoms with Crippen LogP contribution < -0.4 is 4.74 Å². The Hall–Kier alpha value is -2.95. The number of esters is 2. The molecule has 5 heteroatoms. The number of benzene rings is 2. The summed E-state index contributed by atoms with van der Waals surface area (Å²) in [6.45, 7) is 3.89. The number of Topliss-reactive ketones (excluding diaryl/α,β-unsaturated/α-hetero) is 1. The van der Waals surface area contributed by atoms with Crippen molar-refractivity contribution in [3.8, 4) is 5.75 Å². The van der Waals surface area contributed by atoms with Crippen molar-refractivity contribution in [2.24, 2.45) is 0 Å². The predicted octanol–water partition coefficient (Wildman–Crippen LogP) is 5.63. The number of carbonyl (C=O) groups is 3. The number of ketones is 1. The second kappa shape index (κ2) is 11.8. The molecule has 0 aliphatic heterocycles. The number of rotatable bonds is 11. The van der Waals surface area contributed by atoms with Gasteiger partial charge in [-0.1, -0.05) is 63.3 Å². The first-order chi connectivity index (χ1) is 14.0. The molecule has 0 aliphatic rings. The second-order valence-corrected chi connectivity index (χ2v) is 6.89. The molecule has 2 aromatic rings. The summed E-state index contributed by atoms with van der Waals surface area (Å²) in [5.41, 5.74) is 0.576. The van der Waals surface area contributed by atoms with Gasteiger partial charge in [-0.2, -0.15) is 0 Å². The van der Waals surface area contributed by atoms with Gasteiger partial charge in [0, 0.05) is 0 Å². The quantitative estimate of drug-likeness (QED) is 0.213. The first kappa shape index (κ1) is 22.3. The number of carbonyl (C=O) groups excluding carboxylic acids is 3. The molecule has 2 aromatic carbocycles. The summed E-state index contributed by atoms with van der Waals surface area (Å²) in [6, 6.07) is 12.9. The van der Waals surface area contributed by atoms with Gasteiger partial charge in [-0.15, -0.1) is 0 Å². The smallest absolute Gasteiger partial charge is 0.344 e. The van der Waals surface area contributed by atoms with E-state index in [-0.39, 0.29) is 22.7 Å². The summed E-state index contributed by atoms with van der Waals surface area (Å²) < 4.78 is 10.7. The maximum absolute atomic E-state index is 12.6. The first-order valence-electron chi connectivity index (χ1n) is 10.1. The Morgan fingerprint density at radius 1 is 0.724 bits per heavy atom. The minimum absolute atomic E-state index is 0.110. The fraction of sp³-hybridized carbons (Fsp3) is 0.375. The number of ether oxygens (including phenoxy) is 2. The fourth-order valence-electron chi connectivity index (χ4n) is 2.97. The van der Waals surface area contributed by atoms with Gasteiger partial charge in [-0.25, -0.2) is 9.59 Å². The Labute approximate surface area is 172 Å². The highest BCUT2D eigenvalue weighted by molar-refractivity contribution is 6.04. The maximum Gasteiger partial charge on any atom is 0.344 e. The number of unbranched alkanes of at least 4 members (excludes halogenated alkanes) is 5. The van der Waals surface area contributed by atoms with Crippen LogP contribution in [0.2, 0.25) is 0 Å². The van der Waals surface area contributed by atoms with E-state index in [4.69, 9.17) is 9.47 Å². The zero-order valence-electron chi connectivity index (χ0n) is 17.1. The molecule has 0 unspecified atom stereocenters. The van der Waals surface area contributed by atoms with E-state index in [1.54, 1.807) is 36.4 Å². The van der Waals surface area contributed by atoms with Crippen molar-refractivity contribution in [1.82, 2.24) is 0 Å². The van der Waals surface area contributed by atoms with E-state index in [0.717, 1.165) is 19.3 Å². The molecule has 0 spiro atoms. The van der Waals surface area contributed by atoms with Crippen LogP contribution in [0.5, 0.6) is 5.75 Å². The van der Waals surface area contributed by atoms with Crippen LogP contribution in [0, 0.1) is 0 Å². The van der Waals surface area contributed by atoms with Crippen LogP contribution >= 0.6 is 0 Å². The highest BCUT2D eigenvalue weighted by Crippen LogP contribution is 2.21. The number of hydrogen-bond donors (Lipinski definition) is 0. The third-order valence-electron chi connectivity index (χ3n) is 4.57. The monoisotopic (exact) mass is 396 g/mol. The van der Waals surface area contributed by atoms with E-state index in [0.29, 0.717) is 12.2 Å². The van der Waals surface area contributed by atoms with Crippen LogP contribution in [0.4, 0.5) is 0 Å². The van der Waals surface area contributed by atoms with Gasteiger partial charge in [0.05, 0.1) is 23.3 Å². The predicted molar refractivity (Wildman–Crippen MR) is 112 cm³/mol. The van der Waals surface area contributed by atoms with E-state index in [1.165, 1.54) is 38.3 Å². The SMILES string of the molecule is CCCCCCCCOC(=O)c1ccccc1C(=O)Oc1ccccc1C(C)=O. The summed E-state index contributed by atoms with van der Waals surface area (Å²) in [5.74, 6) is -1.29. The average Bonchev–Trinajstić information content (AvgIpc) is 2.73. The van der Waals surface area contributed by atoms with Crippen molar-refractivity contribution in [3.63, 3.8) is 0 Å². The lowest BCUT2D eigenvalue weighted by atomic mass is 10.1. The molecule has 2 rings (SSSR count). The third kappa shape index (κ3) is 6.86. The molecule has 29 heavy (non-hydrogen) atoms. The van der Waals surface area contributed by atoms with E-state index < -0.39 is 11.9 Å². The van der Waals surface area contributed by atoms with Crippen LogP contribution in [0.1, 0.15) is 83.4 Å². The first-order valence-corrected chi connectivity index (χ1v) is 10.1. The molecular weight excluding hydrogens is 368 g/mol. The van der Waals surface area contributed by atoms with Gasteiger partial charge in [0.15, 0.2) is 5.78 Å². The van der Waals surface area contributed by atoms with Gasteiger partial charge in [-0.3, -0.25) is 4.79 Å². The summed E-state index contributed by atoms with van der Waals surface area (Å²) >= 11 is 0. The van der Waals surface area contributed by atoms with Gasteiger partial charge in [0.1, 0.15) is 5.75 Å². The lowest BCUT2D eigenvalue weighted by Crippen LogP contribution is -2.17. The summed E-state index contributed by atoms with van der Waals surface area (Å²) in [7, 11) is 0. The topological polar surface area (TPSA) is 69.7 Å². The molecule has 0 bridgehead atoms. The zero-order chi connectivity index (χ0) is 21.1. The third-order valence-corrected chi connectivity index (χ3v) is 4.57. The van der Waals surface area contributed by atoms with E-state index >= 15 is 0 Å². The number of hydrogen-bond acceptors (Lipinski definition) is 5. The summed E-state index contributed by atoms with van der Waals surface area (Å²) in [5, 5.41) is 0. The fourth-order valence-corrected chi connectivity index (χ4v) is 2.97. The summed E-state index contributed by atoms with van der Waals surface area (Å²) in [6.07, 6.45) is 6.55. The van der Waals surface area contributed by atoms with Gasteiger partial charge < -0.3 is 9.47 Å². The Balaban J connectivity index is 2.00. The average molecular weight is 396 g/mol. The molecule has 0 aliphatic carbocycles. The molecule has 0 radical (unpaired) electrons. The Morgan fingerprint density at radius 2 is 1.28 bits per heavy atom. The molecule has 0 heterocycles. The van der Waals surface area contributed by atoms with Crippen molar-refractivity contribution in [2.45, 2.75) is 52.4 Å². The van der Waals surface area contributed by atoms with Crippen LogP contribution in [-0.2, 0) is 4.74 Å². The normalized spacial score (nSPS) is 10.4. The van der Waals surface area contributed by atoms with Gasteiger partial charge in [-0.05, 0) is 37.6 Å². The zero-order valence-corrected chi connectivity index (χ0v) is 17.1. The minimum Gasteiger partial charge on any atom is -0.462 e. The van der Waals surface area contributed by atoms with Gasteiger partial charge in [0.2, 0.25) is 0 Å². The molecule has 0 amide bonds. The lowest BCUT2D eigenvalue weighted by molar-refractivity contribution is 0.0489. The van der Waals surface area contributed by atoms with Crippen molar-refractivity contribution in [2.75, 3.05) is 6.61 Å². The molecule has 0 saturated heterocycles. The maximum atomic E-state index is 12.6. The molecule has 0 fully saturated rings. The Morgan fingerprint density at radius 3 is 1.93 bits per heavy atom. The molecule has 0 atom stereocenters. The van der Waals surface area contributed by atoms with Crippen molar-refractivity contribution < 1.29 is 23.9 Å². The Kier molecular flexibility index (Phi) is 9.09. The minimum atomic E-state index is -0.703. The molecule has 0 N–H and O–H groups in total. The van der Waals surface area contributed by atoms with Gasteiger partial charge >= 0.3 is 11.9 Å². The molecule has 5 nitrogen and oxygen atoms in total. The highest BCUT2D eigenvalue weighted by Gasteiger charge is 2.21. The molecule has 0 saturated carbocycles. The molecule has 0 aromatic heterocycles. The molecule has 154 valence electrons. The van der Waals surface area contributed by atoms with Crippen LogP contribution in [0.25, 0.3) is 0 Å². The van der Waals surface area contributed by atoms with E-state index in [1.807, 2.05) is 0 Å².